The van der Waals surface area contributed by atoms with Gasteiger partial charge in [-0.2, -0.15) is 4.31 Å². The maximum absolute atomic E-state index is 12.7. The van der Waals surface area contributed by atoms with Gasteiger partial charge in [0.15, 0.2) is 0 Å². The Balaban J connectivity index is 3.35. The summed E-state index contributed by atoms with van der Waals surface area (Å²) < 4.78 is 31.7. The highest BCUT2D eigenvalue weighted by molar-refractivity contribution is 7.89. The van der Waals surface area contributed by atoms with Crippen LogP contribution < -0.4 is 0 Å². The van der Waals surface area contributed by atoms with Crippen molar-refractivity contribution in [2.24, 2.45) is 0 Å². The molecule has 0 fully saturated rings. The summed E-state index contributed by atoms with van der Waals surface area (Å²) >= 11 is 0. The van der Waals surface area contributed by atoms with Crippen LogP contribution in [0.1, 0.15) is 48.9 Å². The molecule has 7 heteroatoms. The largest absolute Gasteiger partial charge is 0.461 e. The van der Waals surface area contributed by atoms with Crippen LogP contribution in [0.15, 0.2) is 4.90 Å². The van der Waals surface area contributed by atoms with E-state index >= 15 is 0 Å². The van der Waals surface area contributed by atoms with Crippen molar-refractivity contribution < 1.29 is 17.9 Å². The Morgan fingerprint density at radius 3 is 2.38 bits per heavy atom. The van der Waals surface area contributed by atoms with Gasteiger partial charge in [0.25, 0.3) is 0 Å². The monoisotopic (exact) mass is 316 g/mol. The first-order chi connectivity index (χ1) is 9.68. The molecule has 0 aliphatic carbocycles. The molecule has 0 bridgehead atoms. The van der Waals surface area contributed by atoms with Crippen molar-refractivity contribution in [2.75, 3.05) is 13.7 Å². The molecule has 0 aromatic carbocycles. The van der Waals surface area contributed by atoms with E-state index in [4.69, 9.17) is 4.74 Å². The minimum atomic E-state index is -3.64. The zero-order valence-corrected chi connectivity index (χ0v) is 14.3. The Kier molecular flexibility index (Phi) is 5.58. The number of nitrogens with zero attached hydrogens (tertiary/aromatic N) is 1. The van der Waals surface area contributed by atoms with Crippen LogP contribution in [-0.4, -0.2) is 43.4 Å². The molecule has 0 spiro atoms. The molecule has 1 heterocycles. The number of aromatic amines is 1. The van der Waals surface area contributed by atoms with E-state index in [1.807, 2.05) is 13.8 Å². The Hall–Kier alpha value is -1.34. The second kappa shape index (κ2) is 6.62. The minimum absolute atomic E-state index is 0.116. The molecule has 0 aliphatic rings. The summed E-state index contributed by atoms with van der Waals surface area (Å²) in [5.41, 5.74) is 1.05. The third-order valence-electron chi connectivity index (χ3n) is 3.70. The molecule has 1 N–H and O–H groups in total. The highest BCUT2D eigenvalue weighted by Gasteiger charge is 2.31. The molecule has 0 aliphatic heterocycles. The first-order valence-corrected chi connectivity index (χ1v) is 8.46. The number of sulfonamides is 1. The Labute approximate surface area is 126 Å². The van der Waals surface area contributed by atoms with E-state index in [0.717, 1.165) is 0 Å². The number of ether oxygens (including phenoxy) is 1. The summed E-state index contributed by atoms with van der Waals surface area (Å²) in [6.07, 6.45) is 0.711. The summed E-state index contributed by atoms with van der Waals surface area (Å²) in [6.45, 7) is 8.99. The standard InChI is InChI=1S/C14H24N2O4S/c1-7-9(3)16(6)21(18,19)13-10(4)12(15-11(13)5)14(17)20-8-2/h9,15H,7-8H2,1-6H3. The Morgan fingerprint density at radius 1 is 1.33 bits per heavy atom. The molecular formula is C14H24N2O4S. The zero-order valence-electron chi connectivity index (χ0n) is 13.5. The molecule has 6 nitrogen and oxygen atoms in total. The highest BCUT2D eigenvalue weighted by atomic mass is 32.2. The normalized spacial score (nSPS) is 13.5. The number of carbonyl (C=O) groups is 1. The molecule has 120 valence electrons. The molecule has 0 saturated carbocycles. The van der Waals surface area contributed by atoms with Crippen LogP contribution in [0.2, 0.25) is 0 Å². The van der Waals surface area contributed by atoms with Crippen molar-refractivity contribution >= 4 is 16.0 Å². The summed E-state index contributed by atoms with van der Waals surface area (Å²) in [4.78, 5) is 14.9. The van der Waals surface area contributed by atoms with Crippen molar-refractivity contribution in [3.05, 3.63) is 17.0 Å². The average molecular weight is 316 g/mol. The highest BCUT2D eigenvalue weighted by Crippen LogP contribution is 2.27. The lowest BCUT2D eigenvalue weighted by Crippen LogP contribution is -2.35. The van der Waals surface area contributed by atoms with Gasteiger partial charge in [0.05, 0.1) is 6.61 Å². The smallest absolute Gasteiger partial charge is 0.355 e. The summed E-state index contributed by atoms with van der Waals surface area (Å²) in [7, 11) is -2.09. The van der Waals surface area contributed by atoms with Gasteiger partial charge in [0.1, 0.15) is 10.6 Å². The number of hydrogen-bond donors (Lipinski definition) is 1. The Morgan fingerprint density at radius 2 is 1.90 bits per heavy atom. The number of carbonyl (C=O) groups excluding carboxylic acids is 1. The summed E-state index contributed by atoms with van der Waals surface area (Å²) in [5, 5.41) is 0. The van der Waals surface area contributed by atoms with Gasteiger partial charge in [-0.3, -0.25) is 0 Å². The van der Waals surface area contributed by atoms with Crippen LogP contribution in [0, 0.1) is 13.8 Å². The number of esters is 1. The van der Waals surface area contributed by atoms with Crippen LogP contribution in [0.4, 0.5) is 0 Å². The van der Waals surface area contributed by atoms with E-state index in [1.54, 1.807) is 27.8 Å². The van der Waals surface area contributed by atoms with E-state index < -0.39 is 16.0 Å². The maximum Gasteiger partial charge on any atom is 0.355 e. The number of hydrogen-bond acceptors (Lipinski definition) is 4. The van der Waals surface area contributed by atoms with Crippen LogP contribution in [-0.2, 0) is 14.8 Å². The fraction of sp³-hybridized carbons (Fsp3) is 0.643. The quantitative estimate of drug-likeness (QED) is 0.816. The molecule has 21 heavy (non-hydrogen) atoms. The van der Waals surface area contributed by atoms with Gasteiger partial charge in [-0.1, -0.05) is 6.92 Å². The number of H-pyrrole nitrogens is 1. The molecule has 1 aromatic heterocycles. The third kappa shape index (κ3) is 3.29. The molecule has 1 unspecified atom stereocenters. The van der Waals surface area contributed by atoms with E-state index in [0.29, 0.717) is 17.7 Å². The summed E-state index contributed by atoms with van der Waals surface area (Å²) in [6, 6.07) is -0.116. The van der Waals surface area contributed by atoms with Crippen LogP contribution in [0.3, 0.4) is 0 Å². The van der Waals surface area contributed by atoms with E-state index in [2.05, 4.69) is 4.98 Å². The van der Waals surface area contributed by atoms with Gasteiger partial charge in [-0.25, -0.2) is 13.2 Å². The van der Waals surface area contributed by atoms with Crippen LogP contribution in [0.25, 0.3) is 0 Å². The molecule has 0 radical (unpaired) electrons. The van der Waals surface area contributed by atoms with E-state index in [9.17, 15) is 13.2 Å². The predicted molar refractivity (Wildman–Crippen MR) is 80.9 cm³/mol. The van der Waals surface area contributed by atoms with Crippen molar-refractivity contribution in [2.45, 2.75) is 52.0 Å². The van der Waals surface area contributed by atoms with Gasteiger partial charge >= 0.3 is 5.97 Å². The van der Waals surface area contributed by atoms with Gasteiger partial charge in [-0.05, 0) is 34.1 Å². The second-order valence-electron chi connectivity index (χ2n) is 5.08. The molecule has 0 saturated heterocycles. The number of aromatic nitrogens is 1. The number of nitrogens with one attached hydrogen (secondary N) is 1. The predicted octanol–water partition coefficient (Wildman–Crippen LogP) is 2.23. The van der Waals surface area contributed by atoms with Gasteiger partial charge in [0.2, 0.25) is 10.0 Å². The maximum atomic E-state index is 12.7. The molecule has 1 aromatic rings. The summed E-state index contributed by atoms with van der Waals surface area (Å²) in [5.74, 6) is -0.536. The molecular weight excluding hydrogens is 292 g/mol. The van der Waals surface area contributed by atoms with Crippen LogP contribution in [0.5, 0.6) is 0 Å². The second-order valence-corrected chi connectivity index (χ2v) is 7.01. The van der Waals surface area contributed by atoms with Gasteiger partial charge in [-0.15, -0.1) is 0 Å². The van der Waals surface area contributed by atoms with E-state index in [-0.39, 0.29) is 23.2 Å². The molecule has 1 atom stereocenters. The number of aryl methyl sites for hydroxylation is 1. The van der Waals surface area contributed by atoms with Gasteiger partial charge < -0.3 is 9.72 Å². The third-order valence-corrected chi connectivity index (χ3v) is 5.94. The molecule has 0 amide bonds. The SMILES string of the molecule is CCOC(=O)c1[nH]c(C)c(S(=O)(=O)N(C)C(C)CC)c1C. The lowest BCUT2D eigenvalue weighted by atomic mass is 10.2. The fourth-order valence-electron chi connectivity index (χ4n) is 2.17. The van der Waals surface area contributed by atoms with Crippen LogP contribution >= 0.6 is 0 Å². The van der Waals surface area contributed by atoms with E-state index in [1.165, 1.54) is 4.31 Å². The Bertz CT molecular complexity index is 619. The molecule has 1 rings (SSSR count). The van der Waals surface area contributed by atoms with Crippen molar-refractivity contribution in [3.8, 4) is 0 Å². The zero-order chi connectivity index (χ0) is 16.4. The lowest BCUT2D eigenvalue weighted by Gasteiger charge is -2.23. The first kappa shape index (κ1) is 17.7. The van der Waals surface area contributed by atoms with Crippen molar-refractivity contribution in [1.29, 1.82) is 0 Å². The van der Waals surface area contributed by atoms with Crippen molar-refractivity contribution in [3.63, 3.8) is 0 Å². The van der Waals surface area contributed by atoms with Gasteiger partial charge in [0, 0.05) is 24.3 Å². The first-order valence-electron chi connectivity index (χ1n) is 7.02. The van der Waals surface area contributed by atoms with Crippen molar-refractivity contribution in [1.82, 2.24) is 9.29 Å². The minimum Gasteiger partial charge on any atom is -0.461 e. The topological polar surface area (TPSA) is 79.5 Å². The fourth-order valence-corrected chi connectivity index (χ4v) is 4.00. The average Bonchev–Trinajstić information content (AvgIpc) is 2.72. The number of rotatable bonds is 6. The lowest BCUT2D eigenvalue weighted by molar-refractivity contribution is 0.0519.